The highest BCUT2D eigenvalue weighted by Gasteiger charge is 2.21. The summed E-state index contributed by atoms with van der Waals surface area (Å²) < 4.78 is 31.4. The molecule has 5 nitrogen and oxygen atoms in total. The Balaban J connectivity index is 2.39. The third kappa shape index (κ3) is 11.7. The molecule has 1 N–H and O–H groups in total. The number of rotatable bonds is 16. The topological polar surface area (TPSA) is 72.5 Å². The van der Waals surface area contributed by atoms with Crippen LogP contribution in [0.15, 0.2) is 23.1 Å². The molecule has 0 unspecified atom stereocenters. The number of hydrogen-bond acceptors (Lipinski definition) is 5. The van der Waals surface area contributed by atoms with Crippen molar-refractivity contribution in [2.75, 3.05) is 6.61 Å². The van der Waals surface area contributed by atoms with E-state index in [-0.39, 0.29) is 18.4 Å². The molecule has 1 rings (SSSR count). The number of carbonyl (C=O) groups is 1. The molecule has 7 heteroatoms. The van der Waals surface area contributed by atoms with E-state index in [1.807, 2.05) is 22.9 Å². The van der Waals surface area contributed by atoms with Crippen molar-refractivity contribution >= 4 is 27.3 Å². The van der Waals surface area contributed by atoms with Gasteiger partial charge in [0.2, 0.25) is 0 Å². The van der Waals surface area contributed by atoms with Gasteiger partial charge in [0.15, 0.2) is 0 Å². The van der Waals surface area contributed by atoms with E-state index < -0.39 is 15.5 Å². The van der Waals surface area contributed by atoms with Gasteiger partial charge in [-0.1, -0.05) is 111 Å². The summed E-state index contributed by atoms with van der Waals surface area (Å²) in [4.78, 5) is 13.3. The number of carbonyl (C=O) groups excluding carboxylic acids is 1. The van der Waals surface area contributed by atoms with Crippen LogP contribution in [0.5, 0.6) is 0 Å². The van der Waals surface area contributed by atoms with Crippen molar-refractivity contribution in [3.8, 4) is 0 Å². The summed E-state index contributed by atoms with van der Waals surface area (Å²) in [6.07, 6.45) is 11.6. The highest BCUT2D eigenvalue weighted by Crippen LogP contribution is 2.35. The van der Waals surface area contributed by atoms with Gasteiger partial charge in [-0.2, -0.15) is 8.42 Å². The van der Waals surface area contributed by atoms with Gasteiger partial charge in [-0.3, -0.25) is 8.98 Å². The number of nitrogens with one attached hydrogen (secondary N) is 1. The molecule has 1 aromatic rings. The van der Waals surface area contributed by atoms with E-state index in [0.29, 0.717) is 6.42 Å². The first kappa shape index (κ1) is 29.0. The maximum atomic E-state index is 12.5. The third-order valence-electron chi connectivity index (χ3n) is 5.46. The zero-order valence-corrected chi connectivity index (χ0v) is 22.2. The predicted octanol–water partition coefficient (Wildman–Crippen LogP) is 7.92. The molecule has 0 aliphatic rings. The van der Waals surface area contributed by atoms with E-state index in [1.165, 1.54) is 44.9 Å². The van der Waals surface area contributed by atoms with Gasteiger partial charge < -0.3 is 0 Å². The normalized spacial score (nSPS) is 12.0. The molecule has 1 aromatic carbocycles. The number of benzene rings is 1. The van der Waals surface area contributed by atoms with Crippen LogP contribution in [0.2, 0.25) is 0 Å². The molecule has 0 aliphatic carbocycles. The molecule has 0 aliphatic heterocycles. The van der Waals surface area contributed by atoms with Crippen molar-refractivity contribution in [1.82, 2.24) is 4.72 Å². The molecule has 0 radical (unpaired) electrons. The lowest BCUT2D eigenvalue weighted by molar-refractivity contribution is 0.260. The molecular formula is C25H43NO4S2. The highest BCUT2D eigenvalue weighted by molar-refractivity contribution is 8.14. The van der Waals surface area contributed by atoms with Crippen molar-refractivity contribution in [3.05, 3.63) is 29.3 Å². The summed E-state index contributed by atoms with van der Waals surface area (Å²) in [6.45, 7) is 10.6. The number of amides is 1. The van der Waals surface area contributed by atoms with Gasteiger partial charge in [0.05, 0.1) is 6.61 Å². The second-order valence-electron chi connectivity index (χ2n) is 9.02. The number of thioether (sulfide) groups is 1. The lowest BCUT2D eigenvalue weighted by Crippen LogP contribution is -2.29. The minimum Gasteiger partial charge on any atom is -0.260 e. The fraction of sp³-hybridized carbons (Fsp3) is 0.720. The van der Waals surface area contributed by atoms with Crippen molar-refractivity contribution in [3.63, 3.8) is 0 Å². The molecule has 0 atom stereocenters. The molecule has 0 fully saturated rings. The SMILES string of the molecule is CCCCCCCCCCCCOS(=O)(=O)NC(=O)Sc1c(C(C)C)cccc1C(C)C. The van der Waals surface area contributed by atoms with Crippen LogP contribution >= 0.6 is 11.8 Å². The van der Waals surface area contributed by atoms with Gasteiger partial charge in [0.1, 0.15) is 0 Å². The Morgan fingerprint density at radius 1 is 0.875 bits per heavy atom. The fourth-order valence-corrected chi connectivity index (χ4v) is 5.71. The first-order chi connectivity index (χ1) is 15.2. The van der Waals surface area contributed by atoms with E-state index in [4.69, 9.17) is 4.18 Å². The van der Waals surface area contributed by atoms with Crippen LogP contribution in [0.4, 0.5) is 4.79 Å². The first-order valence-corrected chi connectivity index (χ1v) is 14.4. The van der Waals surface area contributed by atoms with Crippen LogP contribution in [0.25, 0.3) is 0 Å². The minimum absolute atomic E-state index is 0.101. The summed E-state index contributed by atoms with van der Waals surface area (Å²) in [5, 5.41) is -0.636. The Kier molecular flexibility index (Phi) is 14.2. The maximum Gasteiger partial charge on any atom is 0.362 e. The van der Waals surface area contributed by atoms with Crippen LogP contribution < -0.4 is 4.72 Å². The number of unbranched alkanes of at least 4 members (excludes halogenated alkanes) is 9. The van der Waals surface area contributed by atoms with E-state index in [2.05, 4.69) is 34.6 Å². The quantitative estimate of drug-likeness (QED) is 0.190. The lowest BCUT2D eigenvalue weighted by Gasteiger charge is -2.18. The van der Waals surface area contributed by atoms with Gasteiger partial charge >= 0.3 is 10.3 Å². The van der Waals surface area contributed by atoms with Crippen molar-refractivity contribution in [2.45, 2.75) is 116 Å². The van der Waals surface area contributed by atoms with Crippen LogP contribution in [0.3, 0.4) is 0 Å². The molecule has 0 saturated carbocycles. The largest absolute Gasteiger partial charge is 0.362 e. The molecule has 32 heavy (non-hydrogen) atoms. The summed E-state index contributed by atoms with van der Waals surface area (Å²) in [7, 11) is -4.10. The van der Waals surface area contributed by atoms with Gasteiger partial charge in [0, 0.05) is 4.90 Å². The average molecular weight is 486 g/mol. The van der Waals surface area contributed by atoms with Crippen LogP contribution in [-0.4, -0.2) is 20.3 Å². The molecule has 0 aromatic heterocycles. The third-order valence-corrected chi connectivity index (χ3v) is 7.46. The maximum absolute atomic E-state index is 12.5. The Morgan fingerprint density at radius 3 is 1.81 bits per heavy atom. The lowest BCUT2D eigenvalue weighted by atomic mass is 9.95. The minimum atomic E-state index is -4.10. The van der Waals surface area contributed by atoms with Gasteiger partial charge in [0.25, 0.3) is 5.24 Å². The Labute approximate surface area is 200 Å². The number of hydrogen-bond donors (Lipinski definition) is 1. The monoisotopic (exact) mass is 485 g/mol. The Bertz CT molecular complexity index is 750. The van der Waals surface area contributed by atoms with E-state index in [1.54, 1.807) is 0 Å². The van der Waals surface area contributed by atoms with Gasteiger partial charge in [-0.25, -0.2) is 4.72 Å². The molecule has 184 valence electrons. The van der Waals surface area contributed by atoms with E-state index in [9.17, 15) is 13.2 Å². The average Bonchev–Trinajstić information content (AvgIpc) is 2.71. The molecule has 0 saturated heterocycles. The van der Waals surface area contributed by atoms with Crippen LogP contribution in [0, 0.1) is 0 Å². The molecule has 1 amide bonds. The van der Waals surface area contributed by atoms with Crippen LogP contribution in [-0.2, 0) is 14.5 Å². The standard InChI is InChI=1S/C25H43NO4S2/c1-6-7-8-9-10-11-12-13-14-15-19-30-32(28,29)26-25(27)31-24-22(20(2)3)17-16-18-23(24)21(4)5/h16-18,20-21H,6-15,19H2,1-5H3,(H,26,27). The summed E-state index contributed by atoms with van der Waals surface area (Å²) in [5.41, 5.74) is 2.08. The van der Waals surface area contributed by atoms with Crippen LogP contribution in [0.1, 0.15) is 122 Å². The predicted molar refractivity (Wildman–Crippen MR) is 136 cm³/mol. The zero-order chi connectivity index (χ0) is 24.0. The van der Waals surface area contributed by atoms with Gasteiger partial charge in [-0.05, 0) is 41.1 Å². The van der Waals surface area contributed by atoms with Gasteiger partial charge in [-0.15, -0.1) is 0 Å². The molecule has 0 bridgehead atoms. The smallest absolute Gasteiger partial charge is 0.260 e. The first-order valence-electron chi connectivity index (χ1n) is 12.2. The molecule has 0 heterocycles. The second kappa shape index (κ2) is 15.7. The van der Waals surface area contributed by atoms with Crippen molar-refractivity contribution in [2.24, 2.45) is 0 Å². The molecular weight excluding hydrogens is 442 g/mol. The van der Waals surface area contributed by atoms with Crippen molar-refractivity contribution in [1.29, 1.82) is 0 Å². The molecule has 0 spiro atoms. The van der Waals surface area contributed by atoms with E-state index in [0.717, 1.165) is 40.6 Å². The Morgan fingerprint density at radius 2 is 1.34 bits per heavy atom. The summed E-state index contributed by atoms with van der Waals surface area (Å²) in [6, 6.07) is 5.96. The van der Waals surface area contributed by atoms with E-state index >= 15 is 0 Å². The Hall–Kier alpha value is -1.05. The zero-order valence-electron chi connectivity index (χ0n) is 20.6. The fourth-order valence-electron chi connectivity index (χ4n) is 3.60. The highest BCUT2D eigenvalue weighted by atomic mass is 32.2. The van der Waals surface area contributed by atoms with Crippen molar-refractivity contribution < 1.29 is 17.4 Å². The summed E-state index contributed by atoms with van der Waals surface area (Å²) in [5.74, 6) is 0.460. The second-order valence-corrected chi connectivity index (χ2v) is 11.4. The summed E-state index contributed by atoms with van der Waals surface area (Å²) >= 11 is 0.931.